The van der Waals surface area contributed by atoms with Crippen molar-refractivity contribution < 1.29 is 38.1 Å². The number of nitrogens with zero attached hydrogens (tertiary/aromatic N) is 1. The van der Waals surface area contributed by atoms with Gasteiger partial charge in [-0.25, -0.2) is 0 Å². The lowest BCUT2D eigenvalue weighted by Crippen LogP contribution is -2.53. The summed E-state index contributed by atoms with van der Waals surface area (Å²) in [7, 11) is 5.96. The highest BCUT2D eigenvalue weighted by Crippen LogP contribution is 2.41. The van der Waals surface area contributed by atoms with E-state index in [2.05, 4.69) is 5.32 Å². The van der Waals surface area contributed by atoms with Crippen molar-refractivity contribution in [1.29, 1.82) is 0 Å². The topological polar surface area (TPSA) is 113 Å². The molecule has 36 heavy (non-hydrogen) atoms. The quantitative estimate of drug-likeness (QED) is 0.620. The number of Topliss-reactive ketones (excluding diaryl/α,β-unsaturated/α-hetero) is 1. The van der Waals surface area contributed by atoms with Gasteiger partial charge in [0, 0.05) is 31.5 Å². The fourth-order valence-corrected chi connectivity index (χ4v) is 4.62. The lowest BCUT2D eigenvalue weighted by atomic mass is 9.82. The van der Waals surface area contributed by atoms with Gasteiger partial charge in [0.15, 0.2) is 17.3 Å². The Labute approximate surface area is 209 Å². The number of benzene rings is 2. The average molecular weight is 499 g/mol. The van der Waals surface area contributed by atoms with Crippen molar-refractivity contribution in [2.24, 2.45) is 0 Å². The SMILES string of the molecule is COc1ccc2c(c1)C(=O)CC1(CCN(C(=O)CNC(=O)c3cc(OC)c(OC)c(OC)c3)CC1)O2. The van der Waals surface area contributed by atoms with Gasteiger partial charge in [-0.3, -0.25) is 14.4 Å². The van der Waals surface area contributed by atoms with Crippen molar-refractivity contribution >= 4 is 17.6 Å². The molecule has 0 aliphatic carbocycles. The molecule has 10 heteroatoms. The van der Waals surface area contributed by atoms with Crippen LogP contribution in [0.2, 0.25) is 0 Å². The summed E-state index contributed by atoms with van der Waals surface area (Å²) in [4.78, 5) is 40.0. The fraction of sp³-hybridized carbons (Fsp3) is 0.423. The van der Waals surface area contributed by atoms with Crippen molar-refractivity contribution in [2.75, 3.05) is 48.1 Å². The summed E-state index contributed by atoms with van der Waals surface area (Å²) in [5.74, 6) is 1.57. The second-order valence-corrected chi connectivity index (χ2v) is 8.72. The van der Waals surface area contributed by atoms with Gasteiger partial charge in [0.05, 0.1) is 47.0 Å². The van der Waals surface area contributed by atoms with E-state index in [1.54, 1.807) is 30.2 Å². The molecule has 2 aromatic rings. The van der Waals surface area contributed by atoms with Crippen LogP contribution in [0.1, 0.15) is 40.0 Å². The van der Waals surface area contributed by atoms with E-state index in [9.17, 15) is 14.4 Å². The van der Waals surface area contributed by atoms with Crippen LogP contribution in [-0.2, 0) is 4.79 Å². The molecule has 0 atom stereocenters. The standard InChI is InChI=1S/C26H30N2O8/c1-32-17-5-6-20-18(13-17)19(29)14-26(36-20)7-9-28(10-8-26)23(30)15-27-25(31)16-11-21(33-2)24(35-4)22(12-16)34-3/h5-6,11-13H,7-10,14-15H2,1-4H3,(H,27,31). The number of ketones is 1. The predicted octanol–water partition coefficient (Wildman–Crippen LogP) is 2.48. The van der Waals surface area contributed by atoms with E-state index in [0.717, 1.165) is 0 Å². The maximum Gasteiger partial charge on any atom is 0.251 e. The third-order valence-corrected chi connectivity index (χ3v) is 6.65. The van der Waals surface area contributed by atoms with Crippen molar-refractivity contribution in [2.45, 2.75) is 24.9 Å². The molecule has 1 N–H and O–H groups in total. The Hall–Kier alpha value is -3.95. The smallest absolute Gasteiger partial charge is 0.251 e. The van der Waals surface area contributed by atoms with E-state index in [0.29, 0.717) is 60.2 Å². The van der Waals surface area contributed by atoms with Gasteiger partial charge in [-0.1, -0.05) is 0 Å². The molecular formula is C26H30N2O8. The van der Waals surface area contributed by atoms with E-state index in [4.69, 9.17) is 23.7 Å². The monoisotopic (exact) mass is 498 g/mol. The van der Waals surface area contributed by atoms with Gasteiger partial charge in [-0.15, -0.1) is 0 Å². The van der Waals surface area contributed by atoms with Gasteiger partial charge in [-0.05, 0) is 30.3 Å². The number of rotatable bonds is 7. The van der Waals surface area contributed by atoms with Crippen molar-refractivity contribution in [3.8, 4) is 28.7 Å². The van der Waals surface area contributed by atoms with Crippen LogP contribution in [0.25, 0.3) is 0 Å². The lowest BCUT2D eigenvalue weighted by Gasteiger charge is -2.44. The number of hydrogen-bond acceptors (Lipinski definition) is 8. The molecular weight excluding hydrogens is 468 g/mol. The van der Waals surface area contributed by atoms with Crippen LogP contribution in [0, 0.1) is 0 Å². The predicted molar refractivity (Wildman–Crippen MR) is 130 cm³/mol. The molecule has 1 spiro atoms. The minimum Gasteiger partial charge on any atom is -0.497 e. The fourth-order valence-electron chi connectivity index (χ4n) is 4.62. The van der Waals surface area contributed by atoms with Crippen molar-refractivity contribution in [3.05, 3.63) is 41.5 Å². The molecule has 2 aromatic carbocycles. The third kappa shape index (κ3) is 4.89. The number of nitrogens with one attached hydrogen (secondary N) is 1. The van der Waals surface area contributed by atoms with Gasteiger partial charge < -0.3 is 33.9 Å². The van der Waals surface area contributed by atoms with E-state index >= 15 is 0 Å². The molecule has 0 radical (unpaired) electrons. The molecule has 0 saturated carbocycles. The number of carbonyl (C=O) groups is 3. The maximum absolute atomic E-state index is 12.8. The summed E-state index contributed by atoms with van der Waals surface area (Å²) < 4.78 is 27.3. The Morgan fingerprint density at radius 1 is 0.972 bits per heavy atom. The summed E-state index contributed by atoms with van der Waals surface area (Å²) in [5, 5.41) is 2.66. The summed E-state index contributed by atoms with van der Waals surface area (Å²) in [6.07, 6.45) is 1.31. The zero-order valence-corrected chi connectivity index (χ0v) is 20.8. The molecule has 2 amide bonds. The summed E-state index contributed by atoms with van der Waals surface area (Å²) >= 11 is 0. The average Bonchev–Trinajstić information content (AvgIpc) is 2.90. The molecule has 4 rings (SSSR count). The maximum atomic E-state index is 12.8. The van der Waals surface area contributed by atoms with Gasteiger partial charge in [-0.2, -0.15) is 0 Å². The van der Waals surface area contributed by atoms with Gasteiger partial charge in [0.25, 0.3) is 5.91 Å². The Balaban J connectivity index is 1.35. The first-order valence-corrected chi connectivity index (χ1v) is 11.6. The first-order valence-electron chi connectivity index (χ1n) is 11.6. The Morgan fingerprint density at radius 3 is 2.22 bits per heavy atom. The lowest BCUT2D eigenvalue weighted by molar-refractivity contribution is -0.133. The summed E-state index contributed by atoms with van der Waals surface area (Å²) in [6, 6.07) is 8.26. The van der Waals surface area contributed by atoms with Gasteiger partial charge in [0.2, 0.25) is 11.7 Å². The van der Waals surface area contributed by atoms with Gasteiger partial charge >= 0.3 is 0 Å². The molecule has 0 bridgehead atoms. The van der Waals surface area contributed by atoms with Crippen LogP contribution < -0.4 is 29.0 Å². The minimum absolute atomic E-state index is 0.00698. The van der Waals surface area contributed by atoms with Gasteiger partial charge in [0.1, 0.15) is 17.1 Å². The second-order valence-electron chi connectivity index (χ2n) is 8.72. The summed E-state index contributed by atoms with van der Waals surface area (Å²) in [5.41, 5.74) is 0.168. The van der Waals surface area contributed by atoms with E-state index in [1.807, 2.05) is 0 Å². The summed E-state index contributed by atoms with van der Waals surface area (Å²) in [6.45, 7) is 0.695. The molecule has 10 nitrogen and oxygen atoms in total. The third-order valence-electron chi connectivity index (χ3n) is 6.65. The minimum atomic E-state index is -0.630. The Kier molecular flexibility index (Phi) is 7.23. The first-order chi connectivity index (χ1) is 17.3. The van der Waals surface area contributed by atoms with E-state index in [-0.39, 0.29) is 30.2 Å². The second kappa shape index (κ2) is 10.3. The van der Waals surface area contributed by atoms with Crippen LogP contribution in [0.5, 0.6) is 28.7 Å². The number of hydrogen-bond donors (Lipinski definition) is 1. The molecule has 2 aliphatic heterocycles. The number of ether oxygens (including phenoxy) is 5. The highest BCUT2D eigenvalue weighted by Gasteiger charge is 2.43. The molecule has 0 unspecified atom stereocenters. The number of fused-ring (bicyclic) bond motifs is 1. The Morgan fingerprint density at radius 2 is 1.64 bits per heavy atom. The highest BCUT2D eigenvalue weighted by atomic mass is 16.5. The largest absolute Gasteiger partial charge is 0.497 e. The first kappa shape index (κ1) is 25.2. The molecule has 0 aromatic heterocycles. The van der Waals surface area contributed by atoms with Crippen LogP contribution >= 0.6 is 0 Å². The highest BCUT2D eigenvalue weighted by molar-refractivity contribution is 6.01. The Bertz CT molecular complexity index is 1150. The van der Waals surface area contributed by atoms with Crippen LogP contribution in [0.15, 0.2) is 30.3 Å². The number of amides is 2. The number of piperidine rings is 1. The van der Waals surface area contributed by atoms with Crippen LogP contribution in [-0.4, -0.2) is 76.2 Å². The van der Waals surface area contributed by atoms with Crippen LogP contribution in [0.4, 0.5) is 0 Å². The van der Waals surface area contributed by atoms with E-state index < -0.39 is 11.5 Å². The zero-order chi connectivity index (χ0) is 25.9. The number of carbonyl (C=O) groups excluding carboxylic acids is 3. The van der Waals surface area contributed by atoms with Crippen molar-refractivity contribution in [1.82, 2.24) is 10.2 Å². The normalized spacial score (nSPS) is 16.0. The molecule has 192 valence electrons. The number of likely N-dealkylation sites (tertiary alicyclic amines) is 1. The molecule has 1 fully saturated rings. The molecule has 1 saturated heterocycles. The van der Waals surface area contributed by atoms with Crippen LogP contribution in [0.3, 0.4) is 0 Å². The van der Waals surface area contributed by atoms with Crippen molar-refractivity contribution in [3.63, 3.8) is 0 Å². The van der Waals surface area contributed by atoms with E-state index in [1.165, 1.54) is 33.5 Å². The zero-order valence-electron chi connectivity index (χ0n) is 20.8. The number of methoxy groups -OCH3 is 4. The molecule has 2 aliphatic rings. The molecule has 2 heterocycles.